The van der Waals surface area contributed by atoms with Gasteiger partial charge in [0, 0.05) is 17.4 Å². The van der Waals surface area contributed by atoms with E-state index in [1.807, 2.05) is 18.2 Å². The van der Waals surface area contributed by atoms with Crippen LogP contribution in [-0.4, -0.2) is 28.6 Å². The summed E-state index contributed by atoms with van der Waals surface area (Å²) in [5.74, 6) is 0.639. The van der Waals surface area contributed by atoms with Gasteiger partial charge < -0.3 is 10.1 Å². The summed E-state index contributed by atoms with van der Waals surface area (Å²) < 4.78 is 7.96. The molecule has 0 radical (unpaired) electrons. The molecule has 0 bridgehead atoms. The maximum atomic E-state index is 12.5. The van der Waals surface area contributed by atoms with Gasteiger partial charge in [-0.3, -0.25) is 14.2 Å². The van der Waals surface area contributed by atoms with Gasteiger partial charge in [-0.05, 0) is 41.3 Å². The van der Waals surface area contributed by atoms with Crippen molar-refractivity contribution in [1.29, 1.82) is 0 Å². The Balaban J connectivity index is 1.45. The van der Waals surface area contributed by atoms with Crippen molar-refractivity contribution in [2.24, 2.45) is 0 Å². The van der Waals surface area contributed by atoms with E-state index in [9.17, 15) is 9.59 Å². The molecule has 158 valence electrons. The minimum Gasteiger partial charge on any atom is -0.492 e. The number of fused-ring (bicyclic) bond motifs is 1. The Labute approximate surface area is 184 Å². The predicted molar refractivity (Wildman–Crippen MR) is 122 cm³/mol. The van der Waals surface area contributed by atoms with Crippen molar-refractivity contribution in [1.82, 2.24) is 14.9 Å². The Morgan fingerprint density at radius 1 is 1.17 bits per heavy atom. The van der Waals surface area contributed by atoms with Gasteiger partial charge in [0.1, 0.15) is 12.4 Å². The topological polar surface area (TPSA) is 73.2 Å². The van der Waals surface area contributed by atoms with Crippen LogP contribution in [0.15, 0.2) is 58.1 Å². The highest BCUT2D eigenvalue weighted by molar-refractivity contribution is 9.10. The number of aromatic nitrogens is 2. The summed E-state index contributed by atoms with van der Waals surface area (Å²) in [6.07, 6.45) is 1.68. The molecule has 30 heavy (non-hydrogen) atoms. The van der Waals surface area contributed by atoms with Gasteiger partial charge in [0.15, 0.2) is 0 Å². The van der Waals surface area contributed by atoms with Crippen LogP contribution in [0.3, 0.4) is 0 Å². The Morgan fingerprint density at radius 3 is 2.60 bits per heavy atom. The predicted octanol–water partition coefficient (Wildman–Crippen LogP) is 4.04. The van der Waals surface area contributed by atoms with Gasteiger partial charge in [-0.15, -0.1) is 0 Å². The van der Waals surface area contributed by atoms with Crippen molar-refractivity contribution >= 4 is 32.7 Å². The molecule has 2 aromatic carbocycles. The molecule has 1 heterocycles. The average molecular weight is 472 g/mol. The van der Waals surface area contributed by atoms with Crippen LogP contribution >= 0.6 is 15.9 Å². The van der Waals surface area contributed by atoms with E-state index in [1.54, 1.807) is 12.1 Å². The van der Waals surface area contributed by atoms with Crippen LogP contribution in [0.5, 0.6) is 5.75 Å². The average Bonchev–Trinajstić information content (AvgIpc) is 2.71. The number of carbonyl (C=O) groups is 1. The smallest absolute Gasteiger partial charge is 0.261 e. The maximum Gasteiger partial charge on any atom is 0.261 e. The summed E-state index contributed by atoms with van der Waals surface area (Å²) >= 11 is 3.37. The van der Waals surface area contributed by atoms with Crippen LogP contribution in [0.1, 0.15) is 32.8 Å². The van der Waals surface area contributed by atoms with Gasteiger partial charge in [0.05, 0.1) is 23.8 Å². The largest absolute Gasteiger partial charge is 0.492 e. The standard InChI is InChI=1S/C23H26BrN3O3/c1-23(2,3)16-4-7-18(8-5-16)30-13-11-25-21(28)10-12-27-15-26-20-9-6-17(24)14-19(20)22(27)29/h4-9,14-15H,10-13H2,1-3H3,(H,25,28). The minimum absolute atomic E-state index is 0.103. The fourth-order valence-electron chi connectivity index (χ4n) is 3.01. The monoisotopic (exact) mass is 471 g/mol. The number of amides is 1. The van der Waals surface area contributed by atoms with E-state index in [0.717, 1.165) is 10.2 Å². The number of hydrogen-bond donors (Lipinski definition) is 1. The molecule has 0 aliphatic carbocycles. The van der Waals surface area contributed by atoms with E-state index < -0.39 is 0 Å². The number of ether oxygens (including phenoxy) is 1. The lowest BCUT2D eigenvalue weighted by Crippen LogP contribution is -2.30. The van der Waals surface area contributed by atoms with E-state index in [2.05, 4.69) is 59.1 Å². The maximum absolute atomic E-state index is 12.5. The van der Waals surface area contributed by atoms with Gasteiger partial charge >= 0.3 is 0 Å². The molecule has 0 atom stereocenters. The third-order valence-corrected chi connectivity index (χ3v) is 5.27. The Hall–Kier alpha value is -2.67. The zero-order valence-electron chi connectivity index (χ0n) is 17.4. The minimum atomic E-state index is -0.156. The second kappa shape index (κ2) is 9.43. The quantitative estimate of drug-likeness (QED) is 0.527. The lowest BCUT2D eigenvalue weighted by atomic mass is 9.87. The first-order chi connectivity index (χ1) is 14.2. The fourth-order valence-corrected chi connectivity index (χ4v) is 3.37. The van der Waals surface area contributed by atoms with Crippen LogP contribution in [0.25, 0.3) is 10.9 Å². The van der Waals surface area contributed by atoms with Gasteiger partial charge in [0.2, 0.25) is 5.91 Å². The van der Waals surface area contributed by atoms with Crippen LogP contribution < -0.4 is 15.6 Å². The summed E-state index contributed by atoms with van der Waals surface area (Å²) in [7, 11) is 0. The van der Waals surface area contributed by atoms with Crippen molar-refractivity contribution in [2.75, 3.05) is 13.2 Å². The molecule has 0 aliphatic heterocycles. The van der Waals surface area contributed by atoms with E-state index in [0.29, 0.717) is 24.1 Å². The summed E-state index contributed by atoms with van der Waals surface area (Å²) in [4.78, 5) is 28.9. The zero-order chi connectivity index (χ0) is 21.7. The van der Waals surface area contributed by atoms with E-state index in [4.69, 9.17) is 4.74 Å². The van der Waals surface area contributed by atoms with Crippen molar-refractivity contribution in [3.8, 4) is 5.75 Å². The fraction of sp³-hybridized carbons (Fsp3) is 0.348. The first-order valence-electron chi connectivity index (χ1n) is 9.89. The van der Waals surface area contributed by atoms with Crippen LogP contribution in [0.4, 0.5) is 0 Å². The summed E-state index contributed by atoms with van der Waals surface area (Å²) in [6, 6.07) is 13.4. The molecule has 1 amide bonds. The number of hydrogen-bond acceptors (Lipinski definition) is 4. The third-order valence-electron chi connectivity index (χ3n) is 4.78. The third kappa shape index (κ3) is 5.69. The molecule has 1 aromatic heterocycles. The van der Waals surface area contributed by atoms with Crippen LogP contribution in [0.2, 0.25) is 0 Å². The molecule has 6 nitrogen and oxygen atoms in total. The molecule has 7 heteroatoms. The lowest BCUT2D eigenvalue weighted by Gasteiger charge is -2.19. The van der Waals surface area contributed by atoms with Crippen molar-refractivity contribution < 1.29 is 9.53 Å². The number of carbonyl (C=O) groups excluding carboxylic acids is 1. The molecule has 0 spiro atoms. The van der Waals surface area contributed by atoms with Gasteiger partial charge in [-0.25, -0.2) is 4.98 Å². The Bertz CT molecular complexity index is 1090. The van der Waals surface area contributed by atoms with Gasteiger partial charge in [0.25, 0.3) is 5.56 Å². The van der Waals surface area contributed by atoms with Crippen LogP contribution in [0, 0.1) is 0 Å². The number of aryl methyl sites for hydroxylation is 1. The first kappa shape index (κ1) is 22.0. The molecule has 1 N–H and O–H groups in total. The number of rotatable bonds is 7. The Morgan fingerprint density at radius 2 is 1.90 bits per heavy atom. The number of benzene rings is 2. The Kier molecular flexibility index (Phi) is 6.92. The van der Waals surface area contributed by atoms with E-state index in [1.165, 1.54) is 16.5 Å². The van der Waals surface area contributed by atoms with Crippen LogP contribution in [-0.2, 0) is 16.8 Å². The molecule has 3 rings (SSSR count). The van der Waals surface area contributed by atoms with Gasteiger partial charge in [-0.1, -0.05) is 48.8 Å². The highest BCUT2D eigenvalue weighted by Crippen LogP contribution is 2.24. The van der Waals surface area contributed by atoms with Crippen molar-refractivity contribution in [2.45, 2.75) is 39.2 Å². The van der Waals surface area contributed by atoms with E-state index in [-0.39, 0.29) is 29.8 Å². The molecule has 3 aromatic rings. The number of nitrogens with one attached hydrogen (secondary N) is 1. The second-order valence-corrected chi connectivity index (χ2v) is 9.04. The molecule has 0 saturated heterocycles. The summed E-state index contributed by atoms with van der Waals surface area (Å²) in [5.41, 5.74) is 1.83. The highest BCUT2D eigenvalue weighted by atomic mass is 79.9. The lowest BCUT2D eigenvalue weighted by molar-refractivity contribution is -0.121. The molecule has 0 aliphatic rings. The normalized spacial score (nSPS) is 11.5. The van der Waals surface area contributed by atoms with Crippen molar-refractivity contribution in [3.05, 3.63) is 69.2 Å². The van der Waals surface area contributed by atoms with E-state index >= 15 is 0 Å². The zero-order valence-corrected chi connectivity index (χ0v) is 19.0. The highest BCUT2D eigenvalue weighted by Gasteiger charge is 2.13. The number of nitrogens with zero attached hydrogens (tertiary/aromatic N) is 2. The summed E-state index contributed by atoms with van der Waals surface area (Å²) in [5, 5.41) is 3.34. The molecule has 0 fully saturated rings. The molecule has 0 saturated carbocycles. The first-order valence-corrected chi connectivity index (χ1v) is 10.7. The molecule has 0 unspecified atom stereocenters. The van der Waals surface area contributed by atoms with Crippen molar-refractivity contribution in [3.63, 3.8) is 0 Å². The van der Waals surface area contributed by atoms with Gasteiger partial charge in [-0.2, -0.15) is 0 Å². The SMILES string of the molecule is CC(C)(C)c1ccc(OCCNC(=O)CCn2cnc3ccc(Br)cc3c2=O)cc1. The second-order valence-electron chi connectivity index (χ2n) is 8.13. The molecular weight excluding hydrogens is 446 g/mol. The summed E-state index contributed by atoms with van der Waals surface area (Å²) in [6.45, 7) is 7.55. The molecular formula is C23H26BrN3O3. The number of halogens is 1.